The van der Waals surface area contributed by atoms with E-state index in [1.165, 1.54) is 11.3 Å². The molecule has 110 valence electrons. The van der Waals surface area contributed by atoms with Crippen LogP contribution in [0.3, 0.4) is 0 Å². The molecule has 0 atom stereocenters. The zero-order chi connectivity index (χ0) is 14.4. The second kappa shape index (κ2) is 7.26. The maximum atomic E-state index is 5.01. The zero-order valence-electron chi connectivity index (χ0n) is 12.6. The molecule has 0 saturated heterocycles. The van der Waals surface area contributed by atoms with Gasteiger partial charge < -0.3 is 14.6 Å². The summed E-state index contributed by atoms with van der Waals surface area (Å²) in [5.41, 5.74) is 3.67. The highest BCUT2D eigenvalue weighted by atomic mass is 16.5. The van der Waals surface area contributed by atoms with Crippen molar-refractivity contribution < 1.29 is 4.74 Å². The summed E-state index contributed by atoms with van der Waals surface area (Å²) in [4.78, 5) is 0. The lowest BCUT2D eigenvalue weighted by atomic mass is 10.3. The Hall–Kier alpha value is -1.59. The van der Waals surface area contributed by atoms with E-state index in [4.69, 9.17) is 4.74 Å². The van der Waals surface area contributed by atoms with Crippen LogP contribution in [0.1, 0.15) is 23.9 Å². The van der Waals surface area contributed by atoms with E-state index in [-0.39, 0.29) is 0 Å². The Balaban J connectivity index is 1.90. The van der Waals surface area contributed by atoms with E-state index in [9.17, 15) is 0 Å². The van der Waals surface area contributed by atoms with E-state index in [1.807, 2.05) is 11.7 Å². The van der Waals surface area contributed by atoms with Crippen LogP contribution in [0.5, 0.6) is 0 Å². The summed E-state index contributed by atoms with van der Waals surface area (Å²) in [7, 11) is 3.72. The molecule has 1 N–H and O–H groups in total. The SMILES string of the molecule is CCc1cc(Cn2ccc(CNCCOC)c2)n(C)n1. The minimum absolute atomic E-state index is 0.746. The molecule has 0 saturated carbocycles. The molecule has 2 rings (SSSR count). The lowest BCUT2D eigenvalue weighted by Gasteiger charge is -2.04. The van der Waals surface area contributed by atoms with Crippen LogP contribution in [0.25, 0.3) is 0 Å². The summed E-state index contributed by atoms with van der Waals surface area (Å²) in [6.45, 7) is 5.49. The molecule has 20 heavy (non-hydrogen) atoms. The first kappa shape index (κ1) is 14.8. The molecule has 0 aliphatic rings. The summed E-state index contributed by atoms with van der Waals surface area (Å²) in [6, 6.07) is 4.33. The summed E-state index contributed by atoms with van der Waals surface area (Å²) < 4.78 is 9.18. The van der Waals surface area contributed by atoms with Crippen molar-refractivity contribution in [1.82, 2.24) is 19.7 Å². The molecule has 2 aromatic heterocycles. The van der Waals surface area contributed by atoms with Gasteiger partial charge in [-0.3, -0.25) is 4.68 Å². The molecular weight excluding hydrogens is 252 g/mol. The lowest BCUT2D eigenvalue weighted by molar-refractivity contribution is 0.199. The third-order valence-electron chi connectivity index (χ3n) is 3.36. The van der Waals surface area contributed by atoms with Gasteiger partial charge in [0, 0.05) is 39.6 Å². The van der Waals surface area contributed by atoms with E-state index >= 15 is 0 Å². The number of hydrogen-bond acceptors (Lipinski definition) is 3. The molecule has 0 aliphatic heterocycles. The second-order valence-electron chi connectivity index (χ2n) is 4.97. The maximum Gasteiger partial charge on any atom is 0.0639 e. The number of methoxy groups -OCH3 is 1. The Labute approximate surface area is 120 Å². The minimum Gasteiger partial charge on any atom is -0.383 e. The number of aromatic nitrogens is 3. The van der Waals surface area contributed by atoms with Gasteiger partial charge in [0.1, 0.15) is 0 Å². The highest BCUT2D eigenvalue weighted by Gasteiger charge is 2.05. The van der Waals surface area contributed by atoms with Crippen LogP contribution < -0.4 is 5.32 Å². The van der Waals surface area contributed by atoms with E-state index in [0.717, 1.165) is 38.4 Å². The van der Waals surface area contributed by atoms with Crippen LogP contribution in [-0.4, -0.2) is 34.6 Å². The Morgan fingerprint density at radius 2 is 2.25 bits per heavy atom. The Morgan fingerprint density at radius 3 is 2.95 bits per heavy atom. The Kier molecular flexibility index (Phi) is 5.38. The average molecular weight is 276 g/mol. The van der Waals surface area contributed by atoms with Crippen molar-refractivity contribution in [2.75, 3.05) is 20.3 Å². The van der Waals surface area contributed by atoms with Gasteiger partial charge in [-0.1, -0.05) is 6.92 Å². The fraction of sp³-hybridized carbons (Fsp3) is 0.533. The molecule has 0 spiro atoms. The van der Waals surface area contributed by atoms with E-state index < -0.39 is 0 Å². The molecule has 0 radical (unpaired) electrons. The highest BCUT2D eigenvalue weighted by Crippen LogP contribution is 2.08. The fourth-order valence-electron chi connectivity index (χ4n) is 2.18. The standard InChI is InChI=1S/C15H24N4O/c1-4-14-9-15(18(2)17-14)12-19-7-5-13(11-19)10-16-6-8-20-3/h5,7,9,11,16H,4,6,8,10,12H2,1-3H3. The monoisotopic (exact) mass is 276 g/mol. The van der Waals surface area contributed by atoms with Gasteiger partial charge in [-0.05, 0) is 24.1 Å². The summed E-state index contributed by atoms with van der Waals surface area (Å²) in [5.74, 6) is 0. The molecule has 0 aliphatic carbocycles. The molecule has 2 heterocycles. The summed E-state index contributed by atoms with van der Waals surface area (Å²) in [5, 5.41) is 7.83. The first-order valence-electron chi connectivity index (χ1n) is 7.09. The van der Waals surface area contributed by atoms with Crippen molar-refractivity contribution in [2.45, 2.75) is 26.4 Å². The van der Waals surface area contributed by atoms with Gasteiger partial charge in [-0.25, -0.2) is 0 Å². The van der Waals surface area contributed by atoms with Crippen molar-refractivity contribution >= 4 is 0 Å². The molecule has 2 aromatic rings. The second-order valence-corrected chi connectivity index (χ2v) is 4.97. The quantitative estimate of drug-likeness (QED) is 0.744. The topological polar surface area (TPSA) is 44.0 Å². The summed E-state index contributed by atoms with van der Waals surface area (Å²) in [6.07, 6.45) is 5.28. The van der Waals surface area contributed by atoms with Crippen LogP contribution in [0, 0.1) is 0 Å². The van der Waals surface area contributed by atoms with Crippen molar-refractivity contribution in [3.05, 3.63) is 41.5 Å². The highest BCUT2D eigenvalue weighted by molar-refractivity contribution is 5.14. The average Bonchev–Trinajstić information content (AvgIpc) is 3.03. The summed E-state index contributed by atoms with van der Waals surface area (Å²) >= 11 is 0. The molecule has 5 nitrogen and oxygen atoms in total. The Bertz CT molecular complexity index is 530. The number of ether oxygens (including phenoxy) is 1. The molecule has 0 bridgehead atoms. The van der Waals surface area contributed by atoms with Gasteiger partial charge in [-0.15, -0.1) is 0 Å². The molecule has 0 aromatic carbocycles. The molecule has 0 fully saturated rings. The number of aryl methyl sites for hydroxylation is 2. The first-order valence-corrected chi connectivity index (χ1v) is 7.09. The zero-order valence-corrected chi connectivity index (χ0v) is 12.6. The van der Waals surface area contributed by atoms with Crippen LogP contribution >= 0.6 is 0 Å². The molecule has 0 amide bonds. The normalized spacial score (nSPS) is 11.2. The third kappa shape index (κ3) is 3.95. The van der Waals surface area contributed by atoms with Gasteiger partial charge >= 0.3 is 0 Å². The van der Waals surface area contributed by atoms with E-state index in [1.54, 1.807) is 7.11 Å². The van der Waals surface area contributed by atoms with E-state index in [2.05, 4.69) is 46.4 Å². The smallest absolute Gasteiger partial charge is 0.0639 e. The van der Waals surface area contributed by atoms with E-state index in [0.29, 0.717) is 0 Å². The molecular formula is C15H24N4O. The number of rotatable bonds is 8. The molecule has 0 unspecified atom stereocenters. The van der Waals surface area contributed by atoms with Crippen LogP contribution in [0.2, 0.25) is 0 Å². The number of nitrogens with one attached hydrogen (secondary N) is 1. The third-order valence-corrected chi connectivity index (χ3v) is 3.36. The first-order chi connectivity index (χ1) is 9.72. The van der Waals surface area contributed by atoms with Crippen molar-refractivity contribution in [1.29, 1.82) is 0 Å². The number of nitrogens with zero attached hydrogens (tertiary/aromatic N) is 3. The van der Waals surface area contributed by atoms with Crippen LogP contribution in [0.15, 0.2) is 24.5 Å². The van der Waals surface area contributed by atoms with Gasteiger partial charge in [0.25, 0.3) is 0 Å². The molecule has 5 heteroatoms. The van der Waals surface area contributed by atoms with Crippen molar-refractivity contribution in [3.63, 3.8) is 0 Å². The van der Waals surface area contributed by atoms with Gasteiger partial charge in [0.15, 0.2) is 0 Å². The Morgan fingerprint density at radius 1 is 1.40 bits per heavy atom. The lowest BCUT2D eigenvalue weighted by Crippen LogP contribution is -2.18. The predicted molar refractivity (Wildman–Crippen MR) is 79.7 cm³/mol. The fourth-order valence-corrected chi connectivity index (χ4v) is 2.18. The number of hydrogen-bond donors (Lipinski definition) is 1. The van der Waals surface area contributed by atoms with Gasteiger partial charge in [-0.2, -0.15) is 5.10 Å². The minimum atomic E-state index is 0.746. The van der Waals surface area contributed by atoms with Crippen molar-refractivity contribution in [2.24, 2.45) is 7.05 Å². The van der Waals surface area contributed by atoms with Gasteiger partial charge in [0.2, 0.25) is 0 Å². The predicted octanol–water partition coefficient (Wildman–Crippen LogP) is 1.57. The van der Waals surface area contributed by atoms with Crippen LogP contribution in [0.4, 0.5) is 0 Å². The largest absolute Gasteiger partial charge is 0.383 e. The van der Waals surface area contributed by atoms with Crippen molar-refractivity contribution in [3.8, 4) is 0 Å². The maximum absolute atomic E-state index is 5.01. The van der Waals surface area contributed by atoms with Gasteiger partial charge in [0.05, 0.1) is 24.5 Å². The van der Waals surface area contributed by atoms with Crippen LogP contribution in [-0.2, 0) is 31.3 Å².